The lowest BCUT2D eigenvalue weighted by atomic mass is 9.93. The molecule has 1 atom stereocenters. The lowest BCUT2D eigenvalue weighted by molar-refractivity contribution is -0.140. The zero-order valence-corrected chi connectivity index (χ0v) is 22.1. The first kappa shape index (κ1) is 26.6. The molecule has 0 bridgehead atoms. The van der Waals surface area contributed by atoms with Crippen LogP contribution in [0.25, 0.3) is 5.76 Å². The molecule has 1 saturated heterocycles. The molecule has 1 N–H and O–H groups in total. The van der Waals surface area contributed by atoms with Crippen molar-refractivity contribution in [1.82, 2.24) is 4.90 Å². The average molecular weight is 518 g/mol. The van der Waals surface area contributed by atoms with E-state index in [1.165, 1.54) is 4.90 Å². The predicted octanol–water partition coefficient (Wildman–Crippen LogP) is 4.83. The molecular weight excluding hydrogens is 486 g/mol. The smallest absolute Gasteiger partial charge is 0.295 e. The van der Waals surface area contributed by atoms with Crippen LogP contribution in [-0.4, -0.2) is 56.2 Å². The molecule has 0 radical (unpaired) electrons. The fourth-order valence-electron chi connectivity index (χ4n) is 4.61. The number of aliphatic hydroxyl groups excluding tert-OH is 1. The maximum Gasteiger partial charge on any atom is 0.295 e. The van der Waals surface area contributed by atoms with Crippen molar-refractivity contribution >= 4 is 17.4 Å². The van der Waals surface area contributed by atoms with E-state index in [-0.39, 0.29) is 24.5 Å². The Balaban J connectivity index is 1.74. The molecule has 8 nitrogen and oxygen atoms in total. The third-order valence-corrected chi connectivity index (χ3v) is 6.61. The Morgan fingerprint density at radius 2 is 1.53 bits per heavy atom. The van der Waals surface area contributed by atoms with E-state index < -0.39 is 17.7 Å². The first-order valence-corrected chi connectivity index (χ1v) is 12.1. The fraction of sp³-hybridized carbons (Fsp3) is 0.267. The van der Waals surface area contributed by atoms with E-state index in [2.05, 4.69) is 0 Å². The molecule has 0 saturated carbocycles. The highest BCUT2D eigenvalue weighted by molar-refractivity contribution is 6.46. The van der Waals surface area contributed by atoms with E-state index in [1.54, 1.807) is 82.0 Å². The van der Waals surface area contributed by atoms with E-state index in [9.17, 15) is 14.7 Å². The largest absolute Gasteiger partial charge is 0.507 e. The summed E-state index contributed by atoms with van der Waals surface area (Å²) in [6, 6.07) is 16.9. The van der Waals surface area contributed by atoms with E-state index in [1.807, 2.05) is 13.8 Å². The molecule has 1 aliphatic heterocycles. The van der Waals surface area contributed by atoms with Gasteiger partial charge in [-0.2, -0.15) is 0 Å². The van der Waals surface area contributed by atoms with Gasteiger partial charge in [-0.05, 0) is 79.1 Å². The number of carbonyl (C=O) groups excluding carboxylic acids is 2. The van der Waals surface area contributed by atoms with Crippen molar-refractivity contribution in [3.05, 3.63) is 88.5 Å². The van der Waals surface area contributed by atoms with Crippen molar-refractivity contribution in [2.75, 3.05) is 34.5 Å². The summed E-state index contributed by atoms with van der Waals surface area (Å²) in [6.07, 6.45) is 0. The number of ether oxygens (including phenoxy) is 4. The van der Waals surface area contributed by atoms with Gasteiger partial charge in [0.05, 0.1) is 39.5 Å². The van der Waals surface area contributed by atoms with Crippen LogP contribution in [-0.2, 0) is 9.59 Å². The second kappa shape index (κ2) is 11.3. The lowest BCUT2D eigenvalue weighted by Crippen LogP contribution is -2.33. The number of carbonyl (C=O) groups is 2. The highest BCUT2D eigenvalue weighted by Crippen LogP contribution is 2.41. The second-order valence-electron chi connectivity index (χ2n) is 8.93. The lowest BCUT2D eigenvalue weighted by Gasteiger charge is -2.26. The van der Waals surface area contributed by atoms with Gasteiger partial charge in [0.2, 0.25) is 0 Å². The van der Waals surface area contributed by atoms with Gasteiger partial charge in [-0.3, -0.25) is 9.59 Å². The summed E-state index contributed by atoms with van der Waals surface area (Å²) >= 11 is 0. The number of hydrogen-bond donors (Lipinski definition) is 1. The zero-order chi connectivity index (χ0) is 27.4. The molecule has 38 heavy (non-hydrogen) atoms. The van der Waals surface area contributed by atoms with Gasteiger partial charge in [0.25, 0.3) is 11.7 Å². The van der Waals surface area contributed by atoms with E-state index in [0.29, 0.717) is 39.7 Å². The van der Waals surface area contributed by atoms with Crippen LogP contribution in [0.2, 0.25) is 0 Å². The summed E-state index contributed by atoms with van der Waals surface area (Å²) in [7, 11) is 4.70. The maximum atomic E-state index is 13.4. The first-order valence-electron chi connectivity index (χ1n) is 12.1. The van der Waals surface area contributed by atoms with E-state index in [4.69, 9.17) is 18.9 Å². The molecular formula is C30H31NO7. The quantitative estimate of drug-likeness (QED) is 0.247. The summed E-state index contributed by atoms with van der Waals surface area (Å²) in [5.41, 5.74) is 2.62. The molecule has 3 aromatic rings. The van der Waals surface area contributed by atoms with Crippen molar-refractivity contribution in [3.63, 3.8) is 0 Å². The van der Waals surface area contributed by atoms with Gasteiger partial charge in [0.15, 0.2) is 0 Å². The topological polar surface area (TPSA) is 94.5 Å². The Kier molecular flexibility index (Phi) is 7.90. The van der Waals surface area contributed by atoms with Crippen LogP contribution in [0.15, 0.2) is 66.2 Å². The van der Waals surface area contributed by atoms with Crippen molar-refractivity contribution in [2.24, 2.45) is 0 Å². The van der Waals surface area contributed by atoms with Gasteiger partial charge in [-0.25, -0.2) is 0 Å². The SMILES string of the molecule is COc1ccc(OCCN2C(=O)C(=O)/C(=C(/O)c3cc(C)c(OC)cc3C)C2c2cccc(OC)c2)cc1. The number of methoxy groups -OCH3 is 3. The average Bonchev–Trinajstić information content (AvgIpc) is 3.19. The number of ketones is 1. The molecule has 1 fully saturated rings. The van der Waals surface area contributed by atoms with Gasteiger partial charge in [0, 0.05) is 5.56 Å². The van der Waals surface area contributed by atoms with Crippen molar-refractivity contribution in [2.45, 2.75) is 19.9 Å². The van der Waals surface area contributed by atoms with Crippen molar-refractivity contribution in [1.29, 1.82) is 0 Å². The first-order chi connectivity index (χ1) is 18.3. The molecule has 0 aromatic heterocycles. The molecule has 1 amide bonds. The Morgan fingerprint density at radius 1 is 0.842 bits per heavy atom. The normalized spacial score (nSPS) is 16.4. The number of benzene rings is 3. The Labute approximate surface area is 222 Å². The van der Waals surface area contributed by atoms with Gasteiger partial charge in [-0.15, -0.1) is 0 Å². The molecule has 1 aliphatic rings. The monoisotopic (exact) mass is 517 g/mol. The molecule has 8 heteroatoms. The van der Waals surface area contributed by atoms with Crippen LogP contribution in [0.5, 0.6) is 23.0 Å². The zero-order valence-electron chi connectivity index (χ0n) is 22.1. The Hall–Kier alpha value is -4.46. The van der Waals surface area contributed by atoms with E-state index >= 15 is 0 Å². The van der Waals surface area contributed by atoms with Gasteiger partial charge >= 0.3 is 0 Å². The van der Waals surface area contributed by atoms with Crippen LogP contribution in [0.3, 0.4) is 0 Å². The molecule has 4 rings (SSSR count). The summed E-state index contributed by atoms with van der Waals surface area (Å²) in [5.74, 6) is 0.833. The summed E-state index contributed by atoms with van der Waals surface area (Å²) in [4.78, 5) is 28.1. The summed E-state index contributed by atoms with van der Waals surface area (Å²) in [6.45, 7) is 3.93. The standard InChI is InChI=1S/C30H31NO7/c1-18-16-25(37-5)19(2)15-24(18)28(32)26-27(20-7-6-8-23(17-20)36-4)31(30(34)29(26)33)13-14-38-22-11-9-21(35-3)10-12-22/h6-12,15-17,27,32H,13-14H2,1-5H3/b28-26+. The third-order valence-electron chi connectivity index (χ3n) is 6.61. The number of rotatable bonds is 9. The number of amides is 1. The van der Waals surface area contributed by atoms with Gasteiger partial charge in [-0.1, -0.05) is 12.1 Å². The number of aliphatic hydroxyl groups is 1. The third kappa shape index (κ3) is 5.16. The molecule has 1 unspecified atom stereocenters. The highest BCUT2D eigenvalue weighted by Gasteiger charge is 2.46. The summed E-state index contributed by atoms with van der Waals surface area (Å²) in [5, 5.41) is 11.5. The van der Waals surface area contributed by atoms with Crippen molar-refractivity contribution < 1.29 is 33.6 Å². The van der Waals surface area contributed by atoms with Crippen LogP contribution in [0, 0.1) is 13.8 Å². The van der Waals surface area contributed by atoms with Gasteiger partial charge < -0.3 is 29.0 Å². The van der Waals surface area contributed by atoms with E-state index in [0.717, 1.165) is 5.56 Å². The molecule has 3 aromatic carbocycles. The molecule has 198 valence electrons. The highest BCUT2D eigenvalue weighted by atomic mass is 16.5. The Bertz CT molecular complexity index is 1380. The minimum Gasteiger partial charge on any atom is -0.507 e. The van der Waals surface area contributed by atoms with Crippen molar-refractivity contribution in [3.8, 4) is 23.0 Å². The number of likely N-dealkylation sites (tertiary alicyclic amines) is 1. The second-order valence-corrected chi connectivity index (χ2v) is 8.93. The van der Waals surface area contributed by atoms with Crippen LogP contribution in [0.4, 0.5) is 0 Å². The minimum atomic E-state index is -0.827. The molecule has 1 heterocycles. The van der Waals surface area contributed by atoms with Crippen LogP contribution < -0.4 is 18.9 Å². The van der Waals surface area contributed by atoms with Crippen LogP contribution >= 0.6 is 0 Å². The fourth-order valence-corrected chi connectivity index (χ4v) is 4.61. The molecule has 0 aliphatic carbocycles. The summed E-state index contributed by atoms with van der Waals surface area (Å²) < 4.78 is 21.8. The number of hydrogen-bond acceptors (Lipinski definition) is 7. The minimum absolute atomic E-state index is 0.0142. The number of Topliss-reactive ketones (excluding diaryl/α,β-unsaturated/α-hetero) is 1. The maximum absolute atomic E-state index is 13.4. The number of nitrogens with zero attached hydrogens (tertiary/aromatic N) is 1. The number of aryl methyl sites for hydroxylation is 2. The van der Waals surface area contributed by atoms with Gasteiger partial charge in [0.1, 0.15) is 35.4 Å². The predicted molar refractivity (Wildman–Crippen MR) is 143 cm³/mol. The van der Waals surface area contributed by atoms with Crippen LogP contribution in [0.1, 0.15) is 28.3 Å². The molecule has 0 spiro atoms. The Morgan fingerprint density at radius 3 is 2.18 bits per heavy atom.